The van der Waals surface area contributed by atoms with Crippen molar-refractivity contribution >= 4 is 0 Å². The van der Waals surface area contributed by atoms with Crippen molar-refractivity contribution in [3.8, 4) is 0 Å². The average molecular weight is 455 g/mol. The minimum Gasteiger partial charge on any atom is -0.381 e. The van der Waals surface area contributed by atoms with Crippen molar-refractivity contribution in [2.24, 2.45) is 35.5 Å². The van der Waals surface area contributed by atoms with Gasteiger partial charge in [-0.05, 0) is 87.4 Å². The lowest BCUT2D eigenvalue weighted by atomic mass is 9.64. The minimum atomic E-state index is -1.04. The van der Waals surface area contributed by atoms with Crippen molar-refractivity contribution in [3.63, 3.8) is 0 Å². The van der Waals surface area contributed by atoms with E-state index < -0.39 is 18.3 Å². The van der Waals surface area contributed by atoms with Crippen LogP contribution in [0.1, 0.15) is 123 Å². The quantitative estimate of drug-likeness (QED) is 0.283. The molecule has 32 heavy (non-hydrogen) atoms. The molecule has 3 atom stereocenters. The molecule has 1 nitrogen and oxygen atoms in total. The van der Waals surface area contributed by atoms with Crippen LogP contribution in [0, 0.1) is 35.5 Å². The molecule has 0 saturated heterocycles. The second-order valence-corrected chi connectivity index (χ2v) is 11.7. The minimum absolute atomic E-state index is 0.245. The van der Waals surface area contributed by atoms with Crippen LogP contribution in [0.3, 0.4) is 0 Å². The van der Waals surface area contributed by atoms with Gasteiger partial charge in [0.25, 0.3) is 0 Å². The number of halogens is 2. The van der Waals surface area contributed by atoms with Gasteiger partial charge in [-0.15, -0.1) is 0 Å². The lowest BCUT2D eigenvalue weighted by Crippen LogP contribution is -2.45. The van der Waals surface area contributed by atoms with Crippen LogP contribution in [-0.4, -0.2) is 25.6 Å². The fourth-order valence-corrected chi connectivity index (χ4v) is 7.75. The van der Waals surface area contributed by atoms with Crippen LogP contribution < -0.4 is 0 Å². The number of methoxy groups -OCH3 is 1. The third kappa shape index (κ3) is 7.16. The van der Waals surface area contributed by atoms with E-state index in [9.17, 15) is 0 Å². The summed E-state index contributed by atoms with van der Waals surface area (Å²) in [5, 5.41) is 0. The van der Waals surface area contributed by atoms with E-state index in [0.29, 0.717) is 18.8 Å². The van der Waals surface area contributed by atoms with Gasteiger partial charge >= 0.3 is 0 Å². The molecule has 0 aromatic carbocycles. The van der Waals surface area contributed by atoms with Gasteiger partial charge < -0.3 is 4.74 Å². The first-order chi connectivity index (χ1) is 15.6. The SMILES string of the molecule is CCCCCCC(OC)C1C(F)CC(C2CCC(C3CCC(CCC)CC3)CC2)CC1F. The van der Waals surface area contributed by atoms with Gasteiger partial charge in [-0.25, -0.2) is 8.78 Å². The first-order valence-electron chi connectivity index (χ1n) is 14.4. The molecule has 3 saturated carbocycles. The summed E-state index contributed by atoms with van der Waals surface area (Å²) in [6.07, 6.45) is 17.7. The highest BCUT2D eigenvalue weighted by Crippen LogP contribution is 2.48. The monoisotopic (exact) mass is 454 g/mol. The van der Waals surface area contributed by atoms with Crippen LogP contribution in [0.15, 0.2) is 0 Å². The molecule has 0 bridgehead atoms. The lowest BCUT2D eigenvalue weighted by Gasteiger charge is -2.44. The van der Waals surface area contributed by atoms with Crippen molar-refractivity contribution < 1.29 is 13.5 Å². The van der Waals surface area contributed by atoms with Gasteiger partial charge in [0.2, 0.25) is 0 Å². The first kappa shape index (κ1) is 26.4. The molecule has 0 amide bonds. The highest BCUT2D eigenvalue weighted by Gasteiger charge is 2.45. The van der Waals surface area contributed by atoms with E-state index in [2.05, 4.69) is 13.8 Å². The number of unbranched alkanes of at least 4 members (excludes halogenated alkanes) is 3. The summed E-state index contributed by atoms with van der Waals surface area (Å²) in [5.74, 6) is 3.04. The van der Waals surface area contributed by atoms with Crippen LogP contribution in [0.5, 0.6) is 0 Å². The maximum Gasteiger partial charge on any atom is 0.108 e. The van der Waals surface area contributed by atoms with Gasteiger partial charge in [0.05, 0.1) is 6.10 Å². The maximum absolute atomic E-state index is 15.3. The maximum atomic E-state index is 15.3. The molecule has 0 aromatic rings. The molecular formula is C29H52F2O. The third-order valence-electron chi connectivity index (χ3n) is 9.70. The largest absolute Gasteiger partial charge is 0.381 e. The Kier molecular flexibility index (Phi) is 11.3. The van der Waals surface area contributed by atoms with E-state index in [0.717, 1.165) is 37.0 Å². The van der Waals surface area contributed by atoms with Crippen molar-refractivity contribution in [3.05, 3.63) is 0 Å². The van der Waals surface area contributed by atoms with Gasteiger partial charge in [-0.2, -0.15) is 0 Å². The molecule has 0 N–H and O–H groups in total. The van der Waals surface area contributed by atoms with E-state index in [1.165, 1.54) is 77.0 Å². The average Bonchev–Trinajstić information content (AvgIpc) is 2.81. The van der Waals surface area contributed by atoms with Crippen LogP contribution in [-0.2, 0) is 4.74 Å². The summed E-state index contributed by atoms with van der Waals surface area (Å²) < 4.78 is 36.1. The van der Waals surface area contributed by atoms with Crippen LogP contribution in [0.25, 0.3) is 0 Å². The Balaban J connectivity index is 1.43. The number of ether oxygens (including phenoxy) is 1. The predicted octanol–water partition coefficient (Wildman–Crippen LogP) is 9.09. The Bertz CT molecular complexity index is 483. The van der Waals surface area contributed by atoms with Crippen molar-refractivity contribution in [2.75, 3.05) is 7.11 Å². The van der Waals surface area contributed by atoms with E-state index in [-0.39, 0.29) is 12.0 Å². The molecule has 3 fully saturated rings. The zero-order valence-corrected chi connectivity index (χ0v) is 21.4. The highest BCUT2D eigenvalue weighted by atomic mass is 19.1. The Morgan fingerprint density at radius 3 is 1.72 bits per heavy atom. The number of rotatable bonds is 11. The molecule has 0 radical (unpaired) electrons. The molecule has 3 aliphatic rings. The van der Waals surface area contributed by atoms with Crippen molar-refractivity contribution in [1.82, 2.24) is 0 Å². The topological polar surface area (TPSA) is 9.23 Å². The van der Waals surface area contributed by atoms with E-state index in [1.54, 1.807) is 7.11 Å². The van der Waals surface area contributed by atoms with Crippen LogP contribution in [0.2, 0.25) is 0 Å². The van der Waals surface area contributed by atoms with Gasteiger partial charge in [0, 0.05) is 13.0 Å². The van der Waals surface area contributed by atoms with Crippen molar-refractivity contribution in [1.29, 1.82) is 0 Å². The van der Waals surface area contributed by atoms with E-state index in [1.807, 2.05) is 0 Å². The fraction of sp³-hybridized carbons (Fsp3) is 1.00. The van der Waals surface area contributed by atoms with E-state index in [4.69, 9.17) is 4.74 Å². The summed E-state index contributed by atoms with van der Waals surface area (Å²) >= 11 is 0. The third-order valence-corrected chi connectivity index (χ3v) is 9.70. The second-order valence-electron chi connectivity index (χ2n) is 11.7. The smallest absolute Gasteiger partial charge is 0.108 e. The zero-order valence-electron chi connectivity index (χ0n) is 21.4. The summed E-state index contributed by atoms with van der Waals surface area (Å²) in [7, 11) is 1.65. The molecule has 0 aromatic heterocycles. The highest BCUT2D eigenvalue weighted by molar-refractivity contribution is 4.94. The fourth-order valence-electron chi connectivity index (χ4n) is 7.75. The molecule has 0 aliphatic heterocycles. The van der Waals surface area contributed by atoms with E-state index >= 15 is 8.78 Å². The number of hydrogen-bond acceptors (Lipinski definition) is 1. The molecule has 3 rings (SSSR count). The standard InChI is InChI=1S/C29H52F2O/c1-4-6-7-8-10-28(32-3)29-26(30)19-25(20-27(29)31)24-17-15-23(16-18-24)22-13-11-21(9-5-2)12-14-22/h21-29H,4-20H2,1-3H3. The summed E-state index contributed by atoms with van der Waals surface area (Å²) in [4.78, 5) is 0. The molecule has 3 unspecified atom stereocenters. The Labute approximate surface area is 197 Å². The van der Waals surface area contributed by atoms with Crippen LogP contribution in [0.4, 0.5) is 8.78 Å². The summed E-state index contributed by atoms with van der Waals surface area (Å²) in [6.45, 7) is 4.50. The second kappa shape index (κ2) is 13.6. The van der Waals surface area contributed by atoms with Gasteiger partial charge in [0.15, 0.2) is 0 Å². The molecule has 0 spiro atoms. The lowest BCUT2D eigenvalue weighted by molar-refractivity contribution is -0.0685. The molecule has 3 aliphatic carbocycles. The Morgan fingerprint density at radius 1 is 0.688 bits per heavy atom. The molecule has 3 heteroatoms. The normalized spacial score (nSPS) is 39.7. The first-order valence-corrected chi connectivity index (χ1v) is 14.4. The summed E-state index contributed by atoms with van der Waals surface area (Å²) in [5.41, 5.74) is 0. The number of hydrogen-bond donors (Lipinski definition) is 0. The van der Waals surface area contributed by atoms with Crippen molar-refractivity contribution in [2.45, 2.75) is 141 Å². The Morgan fingerprint density at radius 2 is 1.22 bits per heavy atom. The van der Waals surface area contributed by atoms with Crippen LogP contribution >= 0.6 is 0 Å². The van der Waals surface area contributed by atoms with Gasteiger partial charge in [-0.3, -0.25) is 0 Å². The predicted molar refractivity (Wildman–Crippen MR) is 131 cm³/mol. The molecule has 0 heterocycles. The molecular weight excluding hydrogens is 402 g/mol. The van der Waals surface area contributed by atoms with Gasteiger partial charge in [0.1, 0.15) is 12.3 Å². The zero-order chi connectivity index (χ0) is 22.9. The van der Waals surface area contributed by atoms with Gasteiger partial charge in [-0.1, -0.05) is 65.2 Å². The summed E-state index contributed by atoms with van der Waals surface area (Å²) in [6, 6.07) is 0. The Hall–Kier alpha value is -0.180. The molecule has 188 valence electrons. The number of alkyl halides is 2.